The van der Waals surface area contributed by atoms with Crippen molar-refractivity contribution in [2.24, 2.45) is 0 Å². The highest BCUT2D eigenvalue weighted by Crippen LogP contribution is 2.32. The maximum absolute atomic E-state index is 12.7. The van der Waals surface area contributed by atoms with Gasteiger partial charge >= 0.3 is 0 Å². The molecule has 1 amide bonds. The second kappa shape index (κ2) is 5.94. The van der Waals surface area contributed by atoms with Gasteiger partial charge in [0.15, 0.2) is 0 Å². The summed E-state index contributed by atoms with van der Waals surface area (Å²) < 4.78 is 1.91. The highest BCUT2D eigenvalue weighted by atomic mass is 32.1. The number of carbonyl (C=O) groups excluding carboxylic acids is 1. The van der Waals surface area contributed by atoms with Crippen LogP contribution in [0, 0.1) is 6.92 Å². The molecule has 118 valence electrons. The van der Waals surface area contributed by atoms with Crippen LogP contribution in [0.25, 0.3) is 16.2 Å². The number of aryl methyl sites for hydroxylation is 1. The van der Waals surface area contributed by atoms with E-state index in [-0.39, 0.29) is 5.91 Å². The third kappa shape index (κ3) is 2.49. The van der Waals surface area contributed by atoms with Gasteiger partial charge in [-0.2, -0.15) is 0 Å². The molecule has 0 unspecified atom stereocenters. The maximum atomic E-state index is 12.7. The monoisotopic (exact) mass is 333 g/mol. The summed E-state index contributed by atoms with van der Waals surface area (Å²) in [6.45, 7) is 1.93. The third-order valence-electron chi connectivity index (χ3n) is 3.91. The molecule has 0 aliphatic rings. The van der Waals surface area contributed by atoms with Gasteiger partial charge in [0, 0.05) is 11.8 Å². The van der Waals surface area contributed by atoms with E-state index in [1.54, 1.807) is 11.3 Å². The van der Waals surface area contributed by atoms with Crippen molar-refractivity contribution in [2.45, 2.75) is 6.92 Å². The molecular formula is C19H15N3OS. The molecule has 0 fully saturated rings. The fourth-order valence-electron chi connectivity index (χ4n) is 2.70. The van der Waals surface area contributed by atoms with Crippen LogP contribution in [-0.2, 0) is 0 Å². The van der Waals surface area contributed by atoms with Gasteiger partial charge < -0.3 is 5.32 Å². The number of nitrogens with one attached hydrogen (secondary N) is 1. The molecule has 0 spiro atoms. The Kier molecular flexibility index (Phi) is 3.63. The Morgan fingerprint density at radius 2 is 1.92 bits per heavy atom. The molecule has 4 nitrogen and oxygen atoms in total. The van der Waals surface area contributed by atoms with Crippen LogP contribution in [0.3, 0.4) is 0 Å². The SMILES string of the molecule is Cc1ccccc1C(=O)Nc1c(-c2cccs2)nc2ccccn12. The lowest BCUT2D eigenvalue weighted by atomic mass is 10.1. The van der Waals surface area contributed by atoms with Crippen molar-refractivity contribution in [1.82, 2.24) is 9.38 Å². The number of rotatable bonds is 3. The average molecular weight is 333 g/mol. The Bertz CT molecular complexity index is 1020. The van der Waals surface area contributed by atoms with Gasteiger partial charge in [0.1, 0.15) is 17.2 Å². The van der Waals surface area contributed by atoms with Gasteiger partial charge in [-0.15, -0.1) is 11.3 Å². The standard InChI is InChI=1S/C19H15N3OS/c1-13-7-2-3-8-14(13)19(23)21-18-17(15-9-6-12-24-15)20-16-10-4-5-11-22(16)18/h2-12H,1H3,(H,21,23). The molecule has 1 aromatic carbocycles. The Balaban J connectivity index is 1.82. The van der Waals surface area contributed by atoms with Gasteiger partial charge in [0.05, 0.1) is 4.88 Å². The maximum Gasteiger partial charge on any atom is 0.257 e. The highest BCUT2D eigenvalue weighted by molar-refractivity contribution is 7.13. The predicted molar refractivity (Wildman–Crippen MR) is 97.6 cm³/mol. The molecule has 24 heavy (non-hydrogen) atoms. The minimum atomic E-state index is -0.128. The zero-order valence-corrected chi connectivity index (χ0v) is 13.9. The number of thiophene rings is 1. The van der Waals surface area contributed by atoms with Gasteiger partial charge in [-0.3, -0.25) is 9.20 Å². The first-order chi connectivity index (χ1) is 11.7. The minimum absolute atomic E-state index is 0.128. The molecule has 0 bridgehead atoms. The van der Waals surface area contributed by atoms with E-state index in [1.807, 2.05) is 77.5 Å². The van der Waals surface area contributed by atoms with Crippen molar-refractivity contribution in [3.05, 3.63) is 77.3 Å². The van der Waals surface area contributed by atoms with Crippen LogP contribution in [0.2, 0.25) is 0 Å². The quantitative estimate of drug-likeness (QED) is 0.594. The lowest BCUT2D eigenvalue weighted by molar-refractivity contribution is 0.102. The van der Waals surface area contributed by atoms with Crippen LogP contribution in [0.15, 0.2) is 66.2 Å². The number of nitrogens with zero attached hydrogens (tertiary/aromatic N) is 2. The van der Waals surface area contributed by atoms with E-state index in [0.717, 1.165) is 21.8 Å². The lowest BCUT2D eigenvalue weighted by Gasteiger charge is -2.09. The summed E-state index contributed by atoms with van der Waals surface area (Å²) in [5.74, 6) is 0.567. The van der Waals surface area contributed by atoms with Gasteiger partial charge in [0.2, 0.25) is 0 Å². The number of carbonyl (C=O) groups is 1. The Morgan fingerprint density at radius 3 is 2.71 bits per heavy atom. The smallest absolute Gasteiger partial charge is 0.257 e. The van der Waals surface area contributed by atoms with Crippen molar-refractivity contribution in [3.63, 3.8) is 0 Å². The summed E-state index contributed by atoms with van der Waals surface area (Å²) in [4.78, 5) is 18.5. The van der Waals surface area contributed by atoms with Gasteiger partial charge in [-0.25, -0.2) is 4.98 Å². The number of hydrogen-bond donors (Lipinski definition) is 1. The molecule has 3 aromatic heterocycles. The summed E-state index contributed by atoms with van der Waals surface area (Å²) in [7, 11) is 0. The molecule has 4 rings (SSSR count). The van der Waals surface area contributed by atoms with E-state index in [0.29, 0.717) is 11.4 Å². The third-order valence-corrected chi connectivity index (χ3v) is 4.78. The number of imidazole rings is 1. The molecule has 0 aliphatic heterocycles. The van der Waals surface area contributed by atoms with Gasteiger partial charge in [0.25, 0.3) is 5.91 Å². The molecule has 0 saturated carbocycles. The molecule has 4 aromatic rings. The molecule has 0 saturated heterocycles. The average Bonchev–Trinajstić information content (AvgIpc) is 3.23. The van der Waals surface area contributed by atoms with E-state index in [9.17, 15) is 4.79 Å². The van der Waals surface area contributed by atoms with Crippen LogP contribution < -0.4 is 5.32 Å². The Morgan fingerprint density at radius 1 is 1.08 bits per heavy atom. The summed E-state index contributed by atoms with van der Waals surface area (Å²) >= 11 is 1.60. The molecule has 0 radical (unpaired) electrons. The zero-order valence-electron chi connectivity index (χ0n) is 13.1. The number of fused-ring (bicyclic) bond motifs is 1. The van der Waals surface area contributed by atoms with E-state index in [2.05, 4.69) is 10.3 Å². The molecule has 0 atom stereocenters. The van der Waals surface area contributed by atoms with Crippen molar-refractivity contribution in [3.8, 4) is 10.6 Å². The minimum Gasteiger partial charge on any atom is -0.306 e. The first-order valence-electron chi connectivity index (χ1n) is 7.62. The fourth-order valence-corrected chi connectivity index (χ4v) is 3.42. The van der Waals surface area contributed by atoms with Crippen molar-refractivity contribution in [1.29, 1.82) is 0 Å². The number of anilines is 1. The molecule has 0 aliphatic carbocycles. The van der Waals surface area contributed by atoms with Crippen LogP contribution in [0.5, 0.6) is 0 Å². The summed E-state index contributed by atoms with van der Waals surface area (Å²) in [6, 6.07) is 17.4. The fraction of sp³-hybridized carbons (Fsp3) is 0.0526. The number of hydrogen-bond acceptors (Lipinski definition) is 3. The highest BCUT2D eigenvalue weighted by Gasteiger charge is 2.18. The number of pyridine rings is 1. The second-order valence-corrected chi connectivity index (χ2v) is 6.43. The first-order valence-corrected chi connectivity index (χ1v) is 8.50. The number of benzene rings is 1. The normalized spacial score (nSPS) is 10.9. The number of amides is 1. The zero-order chi connectivity index (χ0) is 16.5. The number of aromatic nitrogens is 2. The molecular weight excluding hydrogens is 318 g/mol. The van der Waals surface area contributed by atoms with Gasteiger partial charge in [-0.05, 0) is 42.1 Å². The van der Waals surface area contributed by atoms with E-state index in [4.69, 9.17) is 0 Å². The Labute approximate surface area is 143 Å². The van der Waals surface area contributed by atoms with Crippen molar-refractivity contribution in [2.75, 3.05) is 5.32 Å². The second-order valence-electron chi connectivity index (χ2n) is 5.48. The molecule has 1 N–H and O–H groups in total. The van der Waals surface area contributed by atoms with Gasteiger partial charge in [-0.1, -0.05) is 30.3 Å². The first kappa shape index (κ1) is 14.7. The van der Waals surface area contributed by atoms with Crippen LogP contribution >= 0.6 is 11.3 Å². The largest absolute Gasteiger partial charge is 0.306 e. The van der Waals surface area contributed by atoms with Crippen molar-refractivity contribution < 1.29 is 4.79 Å². The summed E-state index contributed by atoms with van der Waals surface area (Å²) in [5, 5.41) is 5.05. The van der Waals surface area contributed by atoms with Crippen LogP contribution in [-0.4, -0.2) is 15.3 Å². The van der Waals surface area contributed by atoms with E-state index >= 15 is 0 Å². The summed E-state index contributed by atoms with van der Waals surface area (Å²) in [6.07, 6.45) is 1.91. The van der Waals surface area contributed by atoms with Crippen LogP contribution in [0.4, 0.5) is 5.82 Å². The predicted octanol–water partition coefficient (Wildman–Crippen LogP) is 4.62. The lowest BCUT2D eigenvalue weighted by Crippen LogP contribution is -2.15. The topological polar surface area (TPSA) is 46.4 Å². The molecule has 3 heterocycles. The van der Waals surface area contributed by atoms with E-state index < -0.39 is 0 Å². The van der Waals surface area contributed by atoms with Crippen LogP contribution in [0.1, 0.15) is 15.9 Å². The Hall–Kier alpha value is -2.92. The van der Waals surface area contributed by atoms with E-state index in [1.165, 1.54) is 0 Å². The van der Waals surface area contributed by atoms with Crippen molar-refractivity contribution >= 4 is 28.7 Å². The molecule has 5 heteroatoms. The summed E-state index contributed by atoms with van der Waals surface area (Å²) in [5.41, 5.74) is 3.21.